The van der Waals surface area contributed by atoms with Gasteiger partial charge in [0, 0.05) is 0 Å². The van der Waals surface area contributed by atoms with Gasteiger partial charge in [0.1, 0.15) is 5.82 Å². The van der Waals surface area contributed by atoms with Crippen molar-refractivity contribution in [1.29, 1.82) is 0 Å². The van der Waals surface area contributed by atoms with Crippen molar-refractivity contribution in [3.63, 3.8) is 0 Å². The summed E-state index contributed by atoms with van der Waals surface area (Å²) in [4.78, 5) is 11.7. The topological polar surface area (TPSA) is 56.8 Å². The molecule has 2 rings (SSSR count). The van der Waals surface area contributed by atoms with E-state index in [9.17, 15) is 9.18 Å². The largest absolute Gasteiger partial charge is 0.495 e. The number of amides is 1. The van der Waals surface area contributed by atoms with Gasteiger partial charge in [-0.05, 0) is 64.7 Å². The summed E-state index contributed by atoms with van der Waals surface area (Å²) in [6, 6.07) is 2.84. The molecule has 1 aliphatic heterocycles. The van der Waals surface area contributed by atoms with Gasteiger partial charge in [-0.15, -0.1) is 0 Å². The van der Waals surface area contributed by atoms with Crippen LogP contribution in [0.5, 0.6) is 0 Å². The maximum atomic E-state index is 14.1. The predicted molar refractivity (Wildman–Crippen MR) is 91.8 cm³/mol. The molecule has 1 aromatic carbocycles. The Bertz CT molecular complexity index is 671. The lowest BCUT2D eigenvalue weighted by molar-refractivity contribution is 0.00578. The molecule has 1 saturated heterocycles. The van der Waals surface area contributed by atoms with E-state index in [1.165, 1.54) is 19.1 Å². The van der Waals surface area contributed by atoms with E-state index in [1.807, 2.05) is 27.7 Å². The summed E-state index contributed by atoms with van der Waals surface area (Å²) in [5, 5.41) is 2.37. The first-order valence-electron chi connectivity index (χ1n) is 7.73. The van der Waals surface area contributed by atoms with E-state index >= 15 is 0 Å². The fourth-order valence-corrected chi connectivity index (χ4v) is 2.30. The minimum absolute atomic E-state index is 0.00318. The molecule has 1 heterocycles. The van der Waals surface area contributed by atoms with Crippen LogP contribution >= 0.6 is 0 Å². The Labute approximate surface area is 142 Å². The van der Waals surface area contributed by atoms with Gasteiger partial charge in [-0.2, -0.15) is 0 Å². The molecule has 24 heavy (non-hydrogen) atoms. The maximum Gasteiger partial charge on any atom is 0.495 e. The number of hydrogen-bond acceptors (Lipinski definition) is 4. The van der Waals surface area contributed by atoms with E-state index < -0.39 is 30.2 Å². The number of anilines is 1. The van der Waals surface area contributed by atoms with Gasteiger partial charge in [0.15, 0.2) is 0 Å². The third kappa shape index (κ3) is 3.62. The monoisotopic (exact) mass is 335 g/mol. The first-order valence-corrected chi connectivity index (χ1v) is 7.73. The quantitative estimate of drug-likeness (QED) is 0.678. The SMILES string of the molecule is C=C(C)OC(=O)Nc1cc(B2OC(C)(C)C(C)(C)O2)c(C)cc1F. The highest BCUT2D eigenvalue weighted by Crippen LogP contribution is 2.37. The fourth-order valence-electron chi connectivity index (χ4n) is 2.30. The summed E-state index contributed by atoms with van der Waals surface area (Å²) >= 11 is 0. The summed E-state index contributed by atoms with van der Waals surface area (Å²) in [7, 11) is -0.645. The third-order valence-corrected chi connectivity index (χ3v) is 4.37. The zero-order valence-corrected chi connectivity index (χ0v) is 15.0. The van der Waals surface area contributed by atoms with Crippen LogP contribution in [0.2, 0.25) is 0 Å². The number of nitrogens with one attached hydrogen (secondary N) is 1. The lowest BCUT2D eigenvalue weighted by atomic mass is 9.76. The second-order valence-corrected chi connectivity index (χ2v) is 6.99. The van der Waals surface area contributed by atoms with Crippen LogP contribution in [0.4, 0.5) is 14.9 Å². The third-order valence-electron chi connectivity index (χ3n) is 4.37. The highest BCUT2D eigenvalue weighted by Gasteiger charge is 2.52. The van der Waals surface area contributed by atoms with E-state index in [4.69, 9.17) is 14.0 Å². The number of carbonyl (C=O) groups is 1. The minimum atomic E-state index is -0.801. The highest BCUT2D eigenvalue weighted by molar-refractivity contribution is 6.62. The average Bonchev–Trinajstić information content (AvgIpc) is 2.60. The first-order chi connectivity index (χ1) is 10.9. The number of halogens is 1. The summed E-state index contributed by atoms with van der Waals surface area (Å²) in [6.07, 6.45) is -0.801. The Morgan fingerprint density at radius 3 is 2.29 bits per heavy atom. The number of hydrogen-bond donors (Lipinski definition) is 1. The zero-order valence-electron chi connectivity index (χ0n) is 15.0. The molecule has 1 N–H and O–H groups in total. The van der Waals surface area contributed by atoms with Gasteiger partial charge >= 0.3 is 13.2 Å². The first kappa shape index (κ1) is 18.5. The van der Waals surface area contributed by atoms with Crippen LogP contribution in [0.15, 0.2) is 24.5 Å². The number of rotatable bonds is 3. The highest BCUT2D eigenvalue weighted by atomic mass is 19.1. The maximum absolute atomic E-state index is 14.1. The van der Waals surface area contributed by atoms with Gasteiger partial charge in [0.05, 0.1) is 22.6 Å². The van der Waals surface area contributed by atoms with Gasteiger partial charge < -0.3 is 14.0 Å². The molecule has 1 amide bonds. The van der Waals surface area contributed by atoms with Crippen LogP contribution in [0.1, 0.15) is 40.2 Å². The molecule has 0 saturated carbocycles. The molecule has 0 bridgehead atoms. The van der Waals surface area contributed by atoms with Crippen LogP contribution in [-0.4, -0.2) is 24.4 Å². The van der Waals surface area contributed by atoms with Crippen molar-refractivity contribution in [2.45, 2.75) is 52.7 Å². The molecular weight excluding hydrogens is 312 g/mol. The van der Waals surface area contributed by atoms with Gasteiger partial charge in [-0.3, -0.25) is 5.32 Å². The van der Waals surface area contributed by atoms with Crippen molar-refractivity contribution < 1.29 is 23.2 Å². The number of benzene rings is 1. The molecule has 1 aromatic rings. The van der Waals surface area contributed by atoms with E-state index in [2.05, 4.69) is 11.9 Å². The molecule has 0 spiro atoms. The standard InChI is InChI=1S/C17H23BFNO4/c1-10(2)22-15(21)20-14-9-12(11(3)8-13(14)19)18-23-16(4,5)17(6,7)24-18/h8-9H,1H2,2-7H3,(H,20,21). The Kier molecular flexibility index (Phi) is 4.79. The van der Waals surface area contributed by atoms with Crippen molar-refractivity contribution in [3.05, 3.63) is 35.9 Å². The zero-order chi connectivity index (χ0) is 18.3. The van der Waals surface area contributed by atoms with Crippen LogP contribution < -0.4 is 10.8 Å². The molecule has 130 valence electrons. The number of allylic oxidation sites excluding steroid dienone is 1. The van der Waals surface area contributed by atoms with Crippen molar-refractivity contribution >= 4 is 24.4 Å². The molecule has 1 aliphatic rings. The van der Waals surface area contributed by atoms with E-state index in [1.54, 1.807) is 6.92 Å². The Morgan fingerprint density at radius 1 is 1.25 bits per heavy atom. The Balaban J connectivity index is 2.31. The molecule has 0 radical (unpaired) electrons. The molecular formula is C17H23BFNO4. The van der Waals surface area contributed by atoms with Gasteiger partial charge in [0.2, 0.25) is 0 Å². The van der Waals surface area contributed by atoms with Gasteiger partial charge in [-0.1, -0.05) is 6.58 Å². The van der Waals surface area contributed by atoms with E-state index in [0.29, 0.717) is 11.0 Å². The van der Waals surface area contributed by atoms with Crippen molar-refractivity contribution in [2.24, 2.45) is 0 Å². The fraction of sp³-hybridized carbons (Fsp3) is 0.471. The predicted octanol–water partition coefficient (Wildman–Crippen LogP) is 3.52. The number of ether oxygens (including phenoxy) is 1. The second-order valence-electron chi connectivity index (χ2n) is 6.99. The molecule has 0 atom stereocenters. The second kappa shape index (κ2) is 6.22. The van der Waals surface area contributed by atoms with Crippen molar-refractivity contribution in [3.8, 4) is 0 Å². The smallest absolute Gasteiger partial charge is 0.416 e. The Morgan fingerprint density at radius 2 is 1.79 bits per heavy atom. The molecule has 7 heteroatoms. The van der Waals surface area contributed by atoms with Gasteiger partial charge in [0.25, 0.3) is 0 Å². The van der Waals surface area contributed by atoms with Crippen molar-refractivity contribution in [2.75, 3.05) is 5.32 Å². The average molecular weight is 335 g/mol. The summed E-state index contributed by atoms with van der Waals surface area (Å²) < 4.78 is 30.9. The summed E-state index contributed by atoms with van der Waals surface area (Å²) in [5.41, 5.74) is 0.303. The summed E-state index contributed by atoms with van der Waals surface area (Å²) in [5.74, 6) is -0.349. The van der Waals surface area contributed by atoms with E-state index in [-0.39, 0.29) is 11.4 Å². The van der Waals surface area contributed by atoms with Crippen LogP contribution in [0.3, 0.4) is 0 Å². The van der Waals surface area contributed by atoms with Crippen molar-refractivity contribution in [1.82, 2.24) is 0 Å². The molecule has 5 nitrogen and oxygen atoms in total. The number of carbonyl (C=O) groups excluding carboxylic acids is 1. The molecule has 1 fully saturated rings. The van der Waals surface area contributed by atoms with E-state index in [0.717, 1.165) is 0 Å². The number of aryl methyl sites for hydroxylation is 1. The summed E-state index contributed by atoms with van der Waals surface area (Å²) in [6.45, 7) is 14.5. The normalized spacial score (nSPS) is 18.4. The minimum Gasteiger partial charge on any atom is -0.416 e. The lowest BCUT2D eigenvalue weighted by Gasteiger charge is -2.32. The molecule has 0 aromatic heterocycles. The molecule has 0 unspecified atom stereocenters. The lowest BCUT2D eigenvalue weighted by Crippen LogP contribution is -2.41. The molecule has 0 aliphatic carbocycles. The Hall–Kier alpha value is -1.86. The van der Waals surface area contributed by atoms with Crippen LogP contribution in [-0.2, 0) is 14.0 Å². The van der Waals surface area contributed by atoms with Crippen LogP contribution in [0, 0.1) is 12.7 Å². The van der Waals surface area contributed by atoms with Crippen LogP contribution in [0.25, 0.3) is 0 Å². The van der Waals surface area contributed by atoms with Gasteiger partial charge in [-0.25, -0.2) is 9.18 Å².